The topological polar surface area (TPSA) is 12.5 Å². The third-order valence-corrected chi connectivity index (χ3v) is 3.38. The van der Waals surface area contributed by atoms with Crippen LogP contribution in [0.5, 0.6) is 0 Å². The molecular weight excluding hydrogens is 193 g/mol. The summed E-state index contributed by atoms with van der Waals surface area (Å²) in [5.41, 5.74) is 0. The molecule has 2 atom stereocenters. The van der Waals surface area contributed by atoms with Crippen molar-refractivity contribution in [3.63, 3.8) is 0 Å². The maximum Gasteiger partial charge on any atom is 0.0894 e. The number of likely N-dealkylation sites (tertiary alicyclic amines) is 1. The van der Waals surface area contributed by atoms with Crippen LogP contribution in [0.2, 0.25) is 0 Å². The van der Waals surface area contributed by atoms with Gasteiger partial charge < -0.3 is 9.64 Å². The molecule has 1 aliphatic rings. The van der Waals surface area contributed by atoms with Gasteiger partial charge in [-0.25, -0.2) is 0 Å². The molecule has 1 heterocycles. The number of halogens is 1. The van der Waals surface area contributed by atoms with Gasteiger partial charge in [-0.1, -0.05) is 0 Å². The molecule has 15 heavy (non-hydrogen) atoms. The first-order valence-electron chi connectivity index (χ1n) is 6.10. The van der Waals surface area contributed by atoms with Gasteiger partial charge in [0.2, 0.25) is 0 Å². The molecule has 0 aromatic carbocycles. The largest absolute Gasteiger partial charge is 0.381 e. The van der Waals surface area contributed by atoms with Crippen LogP contribution in [0.25, 0.3) is 0 Å². The lowest BCUT2D eigenvalue weighted by Gasteiger charge is -2.37. The molecular formula is C12H24FNO. The molecule has 1 aliphatic heterocycles. The van der Waals surface area contributed by atoms with E-state index in [0.29, 0.717) is 12.1 Å². The van der Waals surface area contributed by atoms with Crippen LogP contribution in [0, 0.1) is 0 Å². The number of rotatable bonds is 6. The number of hydrogen-bond acceptors (Lipinski definition) is 2. The van der Waals surface area contributed by atoms with Crippen LogP contribution in [-0.4, -0.2) is 43.9 Å². The number of ether oxygens (including phenoxy) is 1. The molecule has 3 heteroatoms. The van der Waals surface area contributed by atoms with Gasteiger partial charge in [-0.05, 0) is 45.6 Å². The molecule has 0 amide bonds. The van der Waals surface area contributed by atoms with Gasteiger partial charge in [0, 0.05) is 19.7 Å². The first-order valence-corrected chi connectivity index (χ1v) is 6.10. The van der Waals surface area contributed by atoms with Crippen molar-refractivity contribution < 1.29 is 9.13 Å². The summed E-state index contributed by atoms with van der Waals surface area (Å²) < 4.78 is 17.3. The van der Waals surface area contributed by atoms with Crippen LogP contribution in [-0.2, 0) is 4.74 Å². The van der Waals surface area contributed by atoms with Gasteiger partial charge in [0.1, 0.15) is 0 Å². The quantitative estimate of drug-likeness (QED) is 0.634. The van der Waals surface area contributed by atoms with Crippen LogP contribution in [0.15, 0.2) is 0 Å². The highest BCUT2D eigenvalue weighted by Crippen LogP contribution is 2.19. The molecule has 1 rings (SSSR count). The highest BCUT2D eigenvalue weighted by Gasteiger charge is 2.24. The van der Waals surface area contributed by atoms with Gasteiger partial charge in [-0.3, -0.25) is 4.39 Å². The molecule has 0 aliphatic carbocycles. The van der Waals surface area contributed by atoms with E-state index in [1.54, 1.807) is 7.11 Å². The Bertz CT molecular complexity index is 166. The van der Waals surface area contributed by atoms with Crippen molar-refractivity contribution in [3.8, 4) is 0 Å². The van der Waals surface area contributed by atoms with Crippen LogP contribution < -0.4 is 0 Å². The Morgan fingerprint density at radius 2 is 2.13 bits per heavy atom. The lowest BCUT2D eigenvalue weighted by atomic mass is 10.0. The van der Waals surface area contributed by atoms with Crippen LogP contribution >= 0.6 is 0 Å². The Hall–Kier alpha value is -0.150. The first-order chi connectivity index (χ1) is 7.27. The zero-order valence-electron chi connectivity index (χ0n) is 10.0. The highest BCUT2D eigenvalue weighted by atomic mass is 19.1. The van der Waals surface area contributed by atoms with E-state index < -0.39 is 0 Å². The molecule has 2 unspecified atom stereocenters. The summed E-state index contributed by atoms with van der Waals surface area (Å²) in [7, 11) is 1.80. The fourth-order valence-electron chi connectivity index (χ4n) is 2.31. The average molecular weight is 217 g/mol. The minimum absolute atomic E-state index is 0.165. The van der Waals surface area contributed by atoms with E-state index in [9.17, 15) is 4.39 Å². The third kappa shape index (κ3) is 4.47. The maximum absolute atomic E-state index is 11.9. The number of piperidine rings is 1. The van der Waals surface area contributed by atoms with Gasteiger partial charge in [0.25, 0.3) is 0 Å². The highest BCUT2D eigenvalue weighted by molar-refractivity contribution is 4.78. The Labute approximate surface area is 92.8 Å². The maximum atomic E-state index is 11.9. The van der Waals surface area contributed by atoms with Gasteiger partial charge in [-0.2, -0.15) is 0 Å². The van der Waals surface area contributed by atoms with E-state index >= 15 is 0 Å². The normalized spacial score (nSPS) is 28.2. The van der Waals surface area contributed by atoms with Crippen molar-refractivity contribution in [2.45, 2.75) is 51.2 Å². The Kier molecular flexibility index (Phi) is 6.18. The van der Waals surface area contributed by atoms with Crippen molar-refractivity contribution in [3.05, 3.63) is 0 Å². The monoisotopic (exact) mass is 217 g/mol. The van der Waals surface area contributed by atoms with Crippen molar-refractivity contribution in [1.29, 1.82) is 0 Å². The molecule has 0 bridgehead atoms. The Balaban J connectivity index is 2.14. The van der Waals surface area contributed by atoms with Crippen LogP contribution in [0.1, 0.15) is 39.0 Å². The van der Waals surface area contributed by atoms with E-state index in [4.69, 9.17) is 4.74 Å². The average Bonchev–Trinajstić information content (AvgIpc) is 2.26. The fourth-order valence-corrected chi connectivity index (χ4v) is 2.31. The minimum atomic E-state index is -0.165. The summed E-state index contributed by atoms with van der Waals surface area (Å²) >= 11 is 0. The zero-order valence-corrected chi connectivity index (χ0v) is 10.0. The molecule has 0 radical (unpaired) electrons. The van der Waals surface area contributed by atoms with Crippen LogP contribution in [0.3, 0.4) is 0 Å². The summed E-state index contributed by atoms with van der Waals surface area (Å²) in [6.45, 7) is 4.36. The van der Waals surface area contributed by atoms with E-state index in [0.717, 1.165) is 45.2 Å². The molecule has 0 aromatic heterocycles. The number of methoxy groups -OCH3 is 1. The van der Waals surface area contributed by atoms with Crippen molar-refractivity contribution in [2.24, 2.45) is 0 Å². The predicted molar refractivity (Wildman–Crippen MR) is 60.9 cm³/mol. The zero-order chi connectivity index (χ0) is 11.1. The van der Waals surface area contributed by atoms with Gasteiger partial charge in [0.05, 0.1) is 12.8 Å². The lowest BCUT2D eigenvalue weighted by molar-refractivity contribution is 0.0155. The van der Waals surface area contributed by atoms with Gasteiger partial charge >= 0.3 is 0 Å². The second-order valence-electron chi connectivity index (χ2n) is 4.52. The van der Waals surface area contributed by atoms with Crippen LogP contribution in [0.4, 0.5) is 4.39 Å². The fraction of sp³-hybridized carbons (Fsp3) is 1.00. The number of alkyl halides is 1. The molecule has 0 aromatic rings. The molecule has 1 saturated heterocycles. The van der Waals surface area contributed by atoms with E-state index in [1.165, 1.54) is 0 Å². The van der Waals surface area contributed by atoms with Crippen molar-refractivity contribution in [2.75, 3.05) is 26.9 Å². The first kappa shape index (κ1) is 12.9. The van der Waals surface area contributed by atoms with Crippen molar-refractivity contribution >= 4 is 0 Å². The summed E-state index contributed by atoms with van der Waals surface area (Å²) in [5.74, 6) is 0. The second-order valence-corrected chi connectivity index (χ2v) is 4.52. The van der Waals surface area contributed by atoms with E-state index in [-0.39, 0.29) is 6.67 Å². The summed E-state index contributed by atoms with van der Waals surface area (Å²) in [5, 5.41) is 0. The molecule has 0 spiro atoms. The second kappa shape index (κ2) is 7.18. The Morgan fingerprint density at radius 1 is 1.33 bits per heavy atom. The number of nitrogens with zero attached hydrogens (tertiary/aromatic N) is 1. The SMILES string of the molecule is COC1CCN(CCCCCF)C(C)C1. The summed E-state index contributed by atoms with van der Waals surface area (Å²) in [6.07, 6.45) is 5.60. The van der Waals surface area contributed by atoms with Gasteiger partial charge in [-0.15, -0.1) is 0 Å². The standard InChI is InChI=1S/C12H24FNO/c1-11-10-12(15-2)6-9-14(11)8-5-3-4-7-13/h11-12H,3-10H2,1-2H3. The summed E-state index contributed by atoms with van der Waals surface area (Å²) in [6, 6.07) is 0.620. The molecule has 0 saturated carbocycles. The van der Waals surface area contributed by atoms with Crippen molar-refractivity contribution in [1.82, 2.24) is 4.90 Å². The van der Waals surface area contributed by atoms with E-state index in [2.05, 4.69) is 11.8 Å². The Morgan fingerprint density at radius 3 is 2.73 bits per heavy atom. The molecule has 1 fully saturated rings. The van der Waals surface area contributed by atoms with Gasteiger partial charge in [0.15, 0.2) is 0 Å². The predicted octanol–water partition coefficient (Wildman–Crippen LogP) is 2.63. The molecule has 0 N–H and O–H groups in total. The van der Waals surface area contributed by atoms with E-state index in [1.807, 2.05) is 0 Å². The number of unbranched alkanes of at least 4 members (excludes halogenated alkanes) is 2. The lowest BCUT2D eigenvalue weighted by Crippen LogP contribution is -2.43. The summed E-state index contributed by atoms with van der Waals surface area (Å²) in [4.78, 5) is 2.51. The number of hydrogen-bond donors (Lipinski definition) is 0. The molecule has 90 valence electrons. The third-order valence-electron chi connectivity index (χ3n) is 3.38. The molecule has 2 nitrogen and oxygen atoms in total. The smallest absolute Gasteiger partial charge is 0.0894 e. The minimum Gasteiger partial charge on any atom is -0.381 e.